The van der Waals surface area contributed by atoms with Crippen LogP contribution in [-0.4, -0.2) is 35.2 Å². The molecule has 2 unspecified atom stereocenters. The summed E-state index contributed by atoms with van der Waals surface area (Å²) in [5.41, 5.74) is -1.74. The summed E-state index contributed by atoms with van der Waals surface area (Å²) < 4.78 is 42.8. The maximum atomic E-state index is 12.7. The van der Waals surface area contributed by atoms with Crippen LogP contribution < -0.4 is 0 Å². The van der Waals surface area contributed by atoms with Crippen LogP contribution in [0.1, 0.15) is 40.9 Å². The summed E-state index contributed by atoms with van der Waals surface area (Å²) in [5, 5.41) is 19.6. The van der Waals surface area contributed by atoms with E-state index >= 15 is 0 Å². The monoisotopic (exact) mass is 320 g/mol. The third-order valence-electron chi connectivity index (χ3n) is 2.83. The van der Waals surface area contributed by atoms with Crippen LogP contribution in [0, 0.1) is 0 Å². The summed E-state index contributed by atoms with van der Waals surface area (Å²) in [4.78, 5) is 21.9. The van der Waals surface area contributed by atoms with Crippen LogP contribution in [0.25, 0.3) is 0 Å². The van der Waals surface area contributed by atoms with Crippen molar-refractivity contribution in [1.82, 2.24) is 0 Å². The van der Waals surface area contributed by atoms with Gasteiger partial charge in [0.1, 0.15) is 12.4 Å². The van der Waals surface area contributed by atoms with Crippen LogP contribution in [0.4, 0.5) is 13.2 Å². The van der Waals surface area contributed by atoms with Gasteiger partial charge in [-0.3, -0.25) is 9.59 Å². The van der Waals surface area contributed by atoms with Gasteiger partial charge in [0.2, 0.25) is 0 Å². The van der Waals surface area contributed by atoms with Gasteiger partial charge >= 0.3 is 12.1 Å². The number of hydrogen-bond donors (Lipinski definition) is 2. The Balaban J connectivity index is 3.03. The van der Waals surface area contributed by atoms with Crippen molar-refractivity contribution in [3.05, 3.63) is 34.9 Å². The molecular formula is C14H15F3O5. The minimum atomic E-state index is -4.71. The van der Waals surface area contributed by atoms with Crippen LogP contribution in [0.5, 0.6) is 0 Å². The van der Waals surface area contributed by atoms with Crippen LogP contribution in [-0.2, 0) is 15.7 Å². The lowest BCUT2D eigenvalue weighted by atomic mass is 9.97. The molecule has 2 atom stereocenters. The van der Waals surface area contributed by atoms with E-state index in [0.717, 1.165) is 6.07 Å². The van der Waals surface area contributed by atoms with Crippen molar-refractivity contribution < 1.29 is 37.7 Å². The number of halogens is 3. The first-order valence-electron chi connectivity index (χ1n) is 6.38. The van der Waals surface area contributed by atoms with E-state index in [9.17, 15) is 33.0 Å². The van der Waals surface area contributed by atoms with Crippen LogP contribution in [0.15, 0.2) is 18.2 Å². The van der Waals surface area contributed by atoms with E-state index in [1.54, 1.807) is 6.92 Å². The zero-order valence-corrected chi connectivity index (χ0v) is 11.6. The molecule has 0 aromatic heterocycles. The molecule has 0 amide bonds. The first-order valence-corrected chi connectivity index (χ1v) is 6.38. The van der Waals surface area contributed by atoms with E-state index in [-0.39, 0.29) is 24.0 Å². The fourth-order valence-corrected chi connectivity index (χ4v) is 1.80. The lowest BCUT2D eigenvalue weighted by Gasteiger charge is -2.19. The summed E-state index contributed by atoms with van der Waals surface area (Å²) in [7, 11) is 0. The van der Waals surface area contributed by atoms with Gasteiger partial charge in [0.25, 0.3) is 0 Å². The number of alkyl halides is 3. The minimum absolute atomic E-state index is 0.0699. The molecule has 5 nitrogen and oxygen atoms in total. The first kappa shape index (κ1) is 18.1. The molecule has 0 aliphatic carbocycles. The molecule has 0 saturated carbocycles. The molecule has 0 heterocycles. The van der Waals surface area contributed by atoms with Crippen molar-refractivity contribution in [2.24, 2.45) is 0 Å². The third-order valence-corrected chi connectivity index (χ3v) is 2.83. The molecule has 1 rings (SSSR count). The Morgan fingerprint density at radius 3 is 2.45 bits per heavy atom. The van der Waals surface area contributed by atoms with E-state index in [1.807, 2.05) is 0 Å². The Kier molecular flexibility index (Phi) is 6.07. The molecule has 1 aromatic carbocycles. The van der Waals surface area contributed by atoms with Crippen molar-refractivity contribution in [3.63, 3.8) is 0 Å². The molecule has 1 aromatic rings. The molecule has 0 fully saturated rings. The van der Waals surface area contributed by atoms with E-state index in [4.69, 9.17) is 0 Å². The van der Waals surface area contributed by atoms with Gasteiger partial charge in [0.15, 0.2) is 0 Å². The van der Waals surface area contributed by atoms with Crippen LogP contribution >= 0.6 is 0 Å². The Bertz CT molecular complexity index is 542. The van der Waals surface area contributed by atoms with Gasteiger partial charge < -0.3 is 14.9 Å². The van der Waals surface area contributed by atoms with Crippen molar-refractivity contribution in [3.8, 4) is 0 Å². The number of rotatable bonds is 6. The van der Waals surface area contributed by atoms with E-state index in [1.165, 1.54) is 0 Å². The lowest BCUT2D eigenvalue weighted by Crippen LogP contribution is -2.23. The summed E-state index contributed by atoms with van der Waals surface area (Å²) in [5.74, 6) is -0.795. The van der Waals surface area contributed by atoms with Crippen molar-refractivity contribution in [2.45, 2.75) is 31.7 Å². The Morgan fingerprint density at radius 2 is 1.95 bits per heavy atom. The SMILES string of the molecule is CCOC(=O)CC(O)C(O)c1cc(C=O)cc(C(F)(F)F)c1. The molecule has 2 N–H and O–H groups in total. The predicted octanol–water partition coefficient (Wildman–Crippen LogP) is 1.87. The van der Waals surface area contributed by atoms with Gasteiger partial charge in [0.05, 0.1) is 24.7 Å². The van der Waals surface area contributed by atoms with Crippen LogP contribution in [0.3, 0.4) is 0 Å². The van der Waals surface area contributed by atoms with Gasteiger partial charge in [-0.1, -0.05) is 0 Å². The largest absolute Gasteiger partial charge is 0.466 e. The second-order valence-corrected chi connectivity index (χ2v) is 4.53. The molecule has 22 heavy (non-hydrogen) atoms. The number of hydrogen-bond acceptors (Lipinski definition) is 5. The average Bonchev–Trinajstić information content (AvgIpc) is 2.45. The van der Waals surface area contributed by atoms with Crippen molar-refractivity contribution >= 4 is 12.3 Å². The number of aliphatic hydroxyl groups excluding tert-OH is 2. The van der Waals surface area contributed by atoms with Gasteiger partial charge in [-0.25, -0.2) is 0 Å². The minimum Gasteiger partial charge on any atom is -0.466 e. The maximum Gasteiger partial charge on any atom is 0.416 e. The molecule has 0 bridgehead atoms. The molecule has 0 aliphatic heterocycles. The van der Waals surface area contributed by atoms with E-state index < -0.39 is 36.3 Å². The quantitative estimate of drug-likeness (QED) is 0.617. The second kappa shape index (κ2) is 7.37. The topological polar surface area (TPSA) is 83.8 Å². The van der Waals surface area contributed by atoms with Gasteiger partial charge in [0, 0.05) is 5.56 Å². The highest BCUT2D eigenvalue weighted by Gasteiger charge is 2.32. The molecule has 0 aliphatic rings. The van der Waals surface area contributed by atoms with Gasteiger partial charge in [-0.05, 0) is 30.7 Å². The van der Waals surface area contributed by atoms with Gasteiger partial charge in [-0.2, -0.15) is 13.2 Å². The average molecular weight is 320 g/mol. The number of aldehydes is 1. The number of aliphatic hydroxyl groups is 2. The maximum absolute atomic E-state index is 12.7. The summed E-state index contributed by atoms with van der Waals surface area (Å²) in [6.07, 6.45) is -8.50. The number of benzene rings is 1. The van der Waals surface area contributed by atoms with Crippen molar-refractivity contribution in [1.29, 1.82) is 0 Å². The van der Waals surface area contributed by atoms with Gasteiger partial charge in [-0.15, -0.1) is 0 Å². The predicted molar refractivity (Wildman–Crippen MR) is 69.0 cm³/mol. The Morgan fingerprint density at radius 1 is 1.32 bits per heavy atom. The zero-order chi connectivity index (χ0) is 16.9. The summed E-state index contributed by atoms with van der Waals surface area (Å²) in [6.45, 7) is 1.62. The highest BCUT2D eigenvalue weighted by Crippen LogP contribution is 2.32. The number of ether oxygens (including phenoxy) is 1. The Hall–Kier alpha value is -1.93. The molecule has 0 radical (unpaired) electrons. The van der Waals surface area contributed by atoms with E-state index in [2.05, 4.69) is 4.74 Å². The molecule has 122 valence electrons. The smallest absolute Gasteiger partial charge is 0.416 e. The molecule has 0 spiro atoms. The fourth-order valence-electron chi connectivity index (χ4n) is 1.80. The highest BCUT2D eigenvalue weighted by molar-refractivity contribution is 5.75. The number of esters is 1. The fraction of sp³-hybridized carbons (Fsp3) is 0.429. The molecule has 8 heteroatoms. The molecule has 0 saturated heterocycles. The van der Waals surface area contributed by atoms with Crippen molar-refractivity contribution in [2.75, 3.05) is 6.61 Å². The lowest BCUT2D eigenvalue weighted by molar-refractivity contribution is -0.147. The highest BCUT2D eigenvalue weighted by atomic mass is 19.4. The molecular weight excluding hydrogens is 305 g/mol. The number of carbonyl (C=O) groups is 2. The van der Waals surface area contributed by atoms with E-state index in [0.29, 0.717) is 12.1 Å². The Labute approximate surface area is 124 Å². The second-order valence-electron chi connectivity index (χ2n) is 4.53. The normalized spacial score (nSPS) is 14.3. The summed E-state index contributed by atoms with van der Waals surface area (Å²) >= 11 is 0. The third kappa shape index (κ3) is 4.81. The zero-order valence-electron chi connectivity index (χ0n) is 11.6. The first-order chi connectivity index (χ1) is 10.2. The number of carbonyl (C=O) groups excluding carboxylic acids is 2. The standard InChI is InChI=1S/C14H15F3O5/c1-2-22-12(20)6-11(19)13(21)9-3-8(7-18)4-10(5-9)14(15,16)17/h3-5,7,11,13,19,21H,2,6H2,1H3. The summed E-state index contributed by atoms with van der Waals surface area (Å²) in [6, 6.07) is 2.26. The van der Waals surface area contributed by atoms with Crippen LogP contribution in [0.2, 0.25) is 0 Å².